The first kappa shape index (κ1) is 15.3. The average molecular weight is 277 g/mol. The van der Waals surface area contributed by atoms with Crippen molar-refractivity contribution in [3.05, 3.63) is 23.5 Å². The van der Waals surface area contributed by atoms with Crippen molar-refractivity contribution in [1.29, 1.82) is 0 Å². The zero-order chi connectivity index (χ0) is 14.5. The van der Waals surface area contributed by atoms with Gasteiger partial charge in [0.15, 0.2) is 0 Å². The van der Waals surface area contributed by atoms with Crippen molar-refractivity contribution < 1.29 is 5.11 Å². The molecule has 4 nitrogen and oxygen atoms in total. The summed E-state index contributed by atoms with van der Waals surface area (Å²) < 4.78 is 0. The summed E-state index contributed by atoms with van der Waals surface area (Å²) in [7, 11) is 0. The van der Waals surface area contributed by atoms with E-state index in [9.17, 15) is 5.11 Å². The maximum absolute atomic E-state index is 9.97. The number of aromatic nitrogens is 1. The third-order valence-corrected chi connectivity index (χ3v) is 4.12. The highest BCUT2D eigenvalue weighted by molar-refractivity contribution is 5.27. The van der Waals surface area contributed by atoms with E-state index in [2.05, 4.69) is 29.0 Å². The van der Waals surface area contributed by atoms with Crippen LogP contribution in [0.4, 0.5) is 0 Å². The van der Waals surface area contributed by atoms with Gasteiger partial charge in [-0.15, -0.1) is 0 Å². The van der Waals surface area contributed by atoms with Crippen LogP contribution in [0.1, 0.15) is 38.1 Å². The first-order chi connectivity index (χ1) is 9.56. The molecular weight excluding hydrogens is 250 g/mol. The molecule has 2 rings (SSSR count). The molecule has 1 aromatic rings. The number of nitrogens with one attached hydrogen (secondary N) is 1. The van der Waals surface area contributed by atoms with Gasteiger partial charge in [-0.1, -0.05) is 0 Å². The number of hydrogen-bond donors (Lipinski definition) is 2. The molecule has 0 aliphatic carbocycles. The Labute approximate surface area is 122 Å². The van der Waals surface area contributed by atoms with Crippen molar-refractivity contribution in [2.75, 3.05) is 19.6 Å². The Kier molecular flexibility index (Phi) is 5.38. The highest BCUT2D eigenvalue weighted by Crippen LogP contribution is 2.21. The minimum absolute atomic E-state index is 0.312. The van der Waals surface area contributed by atoms with E-state index < -0.39 is 0 Å². The molecule has 0 radical (unpaired) electrons. The van der Waals surface area contributed by atoms with Gasteiger partial charge in [-0.05, 0) is 64.8 Å². The lowest BCUT2D eigenvalue weighted by Gasteiger charge is -2.32. The summed E-state index contributed by atoms with van der Waals surface area (Å²) in [6, 6.07) is 4.07. The van der Waals surface area contributed by atoms with E-state index in [1.807, 2.05) is 13.0 Å². The average Bonchev–Trinajstić information content (AvgIpc) is 2.43. The molecule has 1 saturated heterocycles. The summed E-state index contributed by atoms with van der Waals surface area (Å²) in [4.78, 5) is 6.91. The molecule has 0 unspecified atom stereocenters. The van der Waals surface area contributed by atoms with Crippen molar-refractivity contribution in [3.8, 4) is 5.75 Å². The Morgan fingerprint density at radius 1 is 1.35 bits per heavy atom. The lowest BCUT2D eigenvalue weighted by Crippen LogP contribution is -2.39. The van der Waals surface area contributed by atoms with Gasteiger partial charge in [-0.2, -0.15) is 0 Å². The molecule has 2 heterocycles. The van der Waals surface area contributed by atoms with Crippen LogP contribution in [-0.4, -0.2) is 40.7 Å². The summed E-state index contributed by atoms with van der Waals surface area (Å²) in [5.41, 5.74) is 1.76. The number of pyridine rings is 1. The maximum atomic E-state index is 9.97. The van der Waals surface area contributed by atoms with Gasteiger partial charge in [0.2, 0.25) is 0 Å². The van der Waals surface area contributed by atoms with E-state index in [0.29, 0.717) is 11.8 Å². The van der Waals surface area contributed by atoms with Crippen molar-refractivity contribution in [2.24, 2.45) is 5.92 Å². The zero-order valence-corrected chi connectivity index (χ0v) is 12.9. The minimum atomic E-state index is 0.312. The van der Waals surface area contributed by atoms with Gasteiger partial charge in [0.25, 0.3) is 0 Å². The zero-order valence-electron chi connectivity index (χ0n) is 12.9. The third-order valence-electron chi connectivity index (χ3n) is 4.12. The van der Waals surface area contributed by atoms with E-state index in [-0.39, 0.29) is 0 Å². The summed E-state index contributed by atoms with van der Waals surface area (Å²) >= 11 is 0. The van der Waals surface area contributed by atoms with E-state index >= 15 is 0 Å². The number of rotatable bonds is 5. The van der Waals surface area contributed by atoms with Gasteiger partial charge in [0.05, 0.1) is 5.69 Å². The van der Waals surface area contributed by atoms with Crippen LogP contribution in [0, 0.1) is 12.8 Å². The SMILES string of the molecule is Cc1ccc(O)c(CN(CC2CCNCC2)C(C)C)n1. The van der Waals surface area contributed by atoms with Crippen molar-refractivity contribution >= 4 is 0 Å². The fourth-order valence-electron chi connectivity index (χ4n) is 2.77. The Hall–Kier alpha value is -1.13. The highest BCUT2D eigenvalue weighted by atomic mass is 16.3. The number of nitrogens with zero attached hydrogens (tertiary/aromatic N) is 2. The van der Waals surface area contributed by atoms with Crippen LogP contribution < -0.4 is 5.32 Å². The number of hydrogen-bond acceptors (Lipinski definition) is 4. The molecule has 0 spiro atoms. The Morgan fingerprint density at radius 3 is 2.70 bits per heavy atom. The van der Waals surface area contributed by atoms with Gasteiger partial charge in [-0.25, -0.2) is 0 Å². The maximum Gasteiger partial charge on any atom is 0.138 e. The molecule has 112 valence electrons. The molecule has 1 aliphatic heterocycles. The Morgan fingerprint density at radius 2 is 2.05 bits per heavy atom. The molecule has 0 saturated carbocycles. The van der Waals surface area contributed by atoms with Gasteiger partial charge < -0.3 is 10.4 Å². The fraction of sp³-hybridized carbons (Fsp3) is 0.688. The smallest absolute Gasteiger partial charge is 0.138 e. The van der Waals surface area contributed by atoms with E-state index in [1.165, 1.54) is 12.8 Å². The number of aromatic hydroxyl groups is 1. The highest BCUT2D eigenvalue weighted by Gasteiger charge is 2.20. The standard InChI is InChI=1S/C16H27N3O/c1-12(2)19(10-14-6-8-17-9-7-14)11-15-16(20)5-4-13(3)18-15/h4-5,12,14,17,20H,6-11H2,1-3H3. The van der Waals surface area contributed by atoms with Crippen molar-refractivity contribution in [3.63, 3.8) is 0 Å². The summed E-state index contributed by atoms with van der Waals surface area (Å²) in [5, 5.41) is 13.4. The van der Waals surface area contributed by atoms with Crippen LogP contribution in [0.5, 0.6) is 5.75 Å². The second kappa shape index (κ2) is 7.04. The topological polar surface area (TPSA) is 48.4 Å². The molecule has 1 fully saturated rings. The quantitative estimate of drug-likeness (QED) is 0.867. The largest absolute Gasteiger partial charge is 0.506 e. The predicted molar refractivity (Wildman–Crippen MR) is 81.8 cm³/mol. The molecule has 1 aliphatic rings. The number of aryl methyl sites for hydroxylation is 1. The predicted octanol–water partition coefficient (Wildman–Crippen LogP) is 2.31. The molecule has 20 heavy (non-hydrogen) atoms. The lowest BCUT2D eigenvalue weighted by molar-refractivity contribution is 0.158. The molecule has 0 atom stereocenters. The third kappa shape index (κ3) is 4.18. The molecule has 0 bridgehead atoms. The van der Waals surface area contributed by atoms with Gasteiger partial charge >= 0.3 is 0 Å². The second-order valence-corrected chi connectivity index (χ2v) is 6.14. The van der Waals surface area contributed by atoms with E-state index in [4.69, 9.17) is 0 Å². The monoisotopic (exact) mass is 277 g/mol. The first-order valence-corrected chi connectivity index (χ1v) is 7.66. The van der Waals surface area contributed by atoms with Gasteiger partial charge in [-0.3, -0.25) is 9.88 Å². The van der Waals surface area contributed by atoms with Crippen LogP contribution >= 0.6 is 0 Å². The van der Waals surface area contributed by atoms with Crippen LogP contribution in [0.2, 0.25) is 0 Å². The van der Waals surface area contributed by atoms with Gasteiger partial charge in [0, 0.05) is 24.8 Å². The van der Waals surface area contributed by atoms with Crippen LogP contribution in [0.3, 0.4) is 0 Å². The molecular formula is C16H27N3O. The van der Waals surface area contributed by atoms with Crippen LogP contribution in [0.15, 0.2) is 12.1 Å². The van der Waals surface area contributed by atoms with Crippen LogP contribution in [-0.2, 0) is 6.54 Å². The Balaban J connectivity index is 2.02. The van der Waals surface area contributed by atoms with Crippen LogP contribution in [0.25, 0.3) is 0 Å². The normalized spacial score (nSPS) is 17.1. The second-order valence-electron chi connectivity index (χ2n) is 6.14. The van der Waals surface area contributed by atoms with Gasteiger partial charge in [0.1, 0.15) is 5.75 Å². The van der Waals surface area contributed by atoms with E-state index in [1.54, 1.807) is 6.07 Å². The first-order valence-electron chi connectivity index (χ1n) is 7.66. The molecule has 0 aromatic carbocycles. The molecule has 0 amide bonds. The van der Waals surface area contributed by atoms with E-state index in [0.717, 1.165) is 43.5 Å². The van der Waals surface area contributed by atoms with Crippen molar-refractivity contribution in [1.82, 2.24) is 15.2 Å². The number of piperidine rings is 1. The molecule has 4 heteroatoms. The summed E-state index contributed by atoms with van der Waals surface area (Å²) in [6.07, 6.45) is 2.49. The Bertz CT molecular complexity index is 428. The summed E-state index contributed by atoms with van der Waals surface area (Å²) in [5.74, 6) is 1.07. The fourth-order valence-corrected chi connectivity index (χ4v) is 2.77. The molecule has 2 N–H and O–H groups in total. The van der Waals surface area contributed by atoms with Crippen molar-refractivity contribution in [2.45, 2.75) is 46.2 Å². The summed E-state index contributed by atoms with van der Waals surface area (Å²) in [6.45, 7) is 10.5. The minimum Gasteiger partial charge on any atom is -0.506 e. The lowest BCUT2D eigenvalue weighted by atomic mass is 9.97. The molecule has 1 aromatic heterocycles.